The Bertz CT molecular complexity index is 1240. The zero-order valence-corrected chi connectivity index (χ0v) is 19.7. The van der Waals surface area contributed by atoms with Crippen LogP contribution in [0.4, 0.5) is 26.4 Å². The van der Waals surface area contributed by atoms with Gasteiger partial charge in [-0.1, -0.05) is 11.6 Å². The first kappa shape index (κ1) is 23.7. The van der Waals surface area contributed by atoms with Gasteiger partial charge < -0.3 is 21.1 Å². The molecule has 35 heavy (non-hydrogen) atoms. The predicted octanol–water partition coefficient (Wildman–Crippen LogP) is 4.31. The minimum atomic E-state index is -0.907. The second-order valence-corrected chi connectivity index (χ2v) is 9.40. The van der Waals surface area contributed by atoms with Gasteiger partial charge in [0, 0.05) is 31.2 Å². The van der Waals surface area contributed by atoms with Crippen molar-refractivity contribution in [2.45, 2.75) is 50.6 Å². The number of hydrogen-bond donors (Lipinski definition) is 3. The van der Waals surface area contributed by atoms with Crippen molar-refractivity contribution in [1.29, 1.82) is 0 Å². The monoisotopic (exact) mass is 505 g/mol. The molecule has 186 valence electrons. The third-order valence-corrected chi connectivity index (χ3v) is 7.02. The number of ether oxygens (including phenoxy) is 1. The van der Waals surface area contributed by atoms with E-state index in [1.807, 2.05) is 4.57 Å². The normalized spacial score (nSPS) is 21.2. The molecular formula is C23H26ClF2N7O2. The number of nitrogens with one attached hydrogen (secondary N) is 2. The Hall–Kier alpha value is -3.05. The van der Waals surface area contributed by atoms with Crippen molar-refractivity contribution in [1.82, 2.24) is 19.5 Å². The Kier molecular flexibility index (Phi) is 6.70. The van der Waals surface area contributed by atoms with Gasteiger partial charge in [-0.25, -0.2) is 18.7 Å². The highest BCUT2D eigenvalue weighted by Gasteiger charge is 2.30. The summed E-state index contributed by atoms with van der Waals surface area (Å²) in [5.74, 6) is -1.54. The van der Waals surface area contributed by atoms with E-state index in [9.17, 15) is 13.6 Å². The highest BCUT2D eigenvalue weighted by Crippen LogP contribution is 2.38. The minimum absolute atomic E-state index is 0.103. The van der Waals surface area contributed by atoms with Gasteiger partial charge in [-0.05, 0) is 50.7 Å². The zero-order chi connectivity index (χ0) is 24.5. The lowest BCUT2D eigenvalue weighted by molar-refractivity contribution is -0.122. The number of carbonyl (C=O) groups excluding carboxylic acids is 1. The van der Waals surface area contributed by atoms with Crippen LogP contribution < -0.4 is 16.4 Å². The van der Waals surface area contributed by atoms with Gasteiger partial charge in [0.1, 0.15) is 17.0 Å². The van der Waals surface area contributed by atoms with E-state index in [-0.39, 0.29) is 34.9 Å². The minimum Gasteiger partial charge on any atom is -0.381 e. The van der Waals surface area contributed by atoms with E-state index in [0.717, 1.165) is 25.0 Å². The van der Waals surface area contributed by atoms with Crippen molar-refractivity contribution < 1.29 is 18.3 Å². The predicted molar refractivity (Wildman–Crippen MR) is 128 cm³/mol. The van der Waals surface area contributed by atoms with Crippen LogP contribution in [0.1, 0.15) is 44.6 Å². The number of carbonyl (C=O) groups is 1. The Balaban J connectivity index is 1.53. The van der Waals surface area contributed by atoms with Gasteiger partial charge in [0.05, 0.1) is 11.2 Å². The number of benzene rings is 1. The van der Waals surface area contributed by atoms with Gasteiger partial charge in [0.15, 0.2) is 11.5 Å². The van der Waals surface area contributed by atoms with Gasteiger partial charge in [0.25, 0.3) is 0 Å². The third kappa shape index (κ3) is 4.87. The van der Waals surface area contributed by atoms with Gasteiger partial charge in [-0.2, -0.15) is 4.98 Å². The van der Waals surface area contributed by atoms with Crippen molar-refractivity contribution in [3.8, 4) is 0 Å². The summed E-state index contributed by atoms with van der Waals surface area (Å²) >= 11 is 5.89. The summed E-state index contributed by atoms with van der Waals surface area (Å²) in [5.41, 5.74) is 6.12. The first-order valence-corrected chi connectivity index (χ1v) is 12.1. The number of fused-ring (bicyclic) bond motifs is 1. The molecule has 4 N–H and O–H groups in total. The molecule has 1 amide bonds. The molecule has 2 aliphatic rings. The van der Waals surface area contributed by atoms with E-state index in [1.165, 1.54) is 0 Å². The molecule has 1 saturated carbocycles. The number of imidazole rings is 1. The standard InChI is InChI=1S/C23H26ClF2N7O2/c24-15-5-6-16(25)19(18(15)26)31-23-30-17-11-28-22(29-13-7-9-35-10-8-13)32-21(17)33(23)14-3-1-12(2-4-14)20(27)34/h5-6,11-14H,1-4,7-10H2,(H2,27,34)(H,30,31)(H,28,29,32). The van der Waals surface area contributed by atoms with Crippen molar-refractivity contribution >= 4 is 46.3 Å². The molecule has 2 fully saturated rings. The van der Waals surface area contributed by atoms with Crippen LogP contribution in [0.3, 0.4) is 0 Å². The van der Waals surface area contributed by atoms with Crippen LogP contribution in [0.5, 0.6) is 0 Å². The summed E-state index contributed by atoms with van der Waals surface area (Å²) in [5, 5.41) is 5.93. The van der Waals surface area contributed by atoms with Crippen molar-refractivity contribution in [3.05, 3.63) is 35.0 Å². The number of halogens is 3. The molecule has 1 aliphatic heterocycles. The Morgan fingerprint density at radius 2 is 1.86 bits per heavy atom. The maximum atomic E-state index is 14.7. The van der Waals surface area contributed by atoms with E-state index in [4.69, 9.17) is 27.1 Å². The Morgan fingerprint density at radius 1 is 1.11 bits per heavy atom. The summed E-state index contributed by atoms with van der Waals surface area (Å²) in [6.45, 7) is 1.34. The maximum absolute atomic E-state index is 14.7. The fraction of sp³-hybridized carbons (Fsp3) is 0.478. The lowest BCUT2D eigenvalue weighted by Gasteiger charge is -2.29. The summed E-state index contributed by atoms with van der Waals surface area (Å²) < 4.78 is 36.4. The highest BCUT2D eigenvalue weighted by atomic mass is 35.5. The average Bonchev–Trinajstić information content (AvgIpc) is 3.22. The SMILES string of the molecule is NC(=O)C1CCC(n2c(Nc3c(F)ccc(Cl)c3F)nc3cnc(NC4CCOCC4)nc32)CC1. The van der Waals surface area contributed by atoms with Gasteiger partial charge in [-0.15, -0.1) is 0 Å². The number of hydrogen-bond acceptors (Lipinski definition) is 7. The van der Waals surface area contributed by atoms with Crippen LogP contribution in [0, 0.1) is 17.6 Å². The largest absolute Gasteiger partial charge is 0.381 e. The Morgan fingerprint density at radius 3 is 2.57 bits per heavy atom. The molecule has 9 nitrogen and oxygen atoms in total. The average molecular weight is 506 g/mol. The smallest absolute Gasteiger partial charge is 0.224 e. The molecular weight excluding hydrogens is 480 g/mol. The lowest BCUT2D eigenvalue weighted by Crippen LogP contribution is -2.29. The van der Waals surface area contributed by atoms with Crippen molar-refractivity contribution in [2.75, 3.05) is 23.8 Å². The molecule has 0 bridgehead atoms. The molecule has 5 rings (SSSR count). The fourth-order valence-corrected chi connectivity index (χ4v) is 4.95. The highest BCUT2D eigenvalue weighted by molar-refractivity contribution is 6.31. The maximum Gasteiger partial charge on any atom is 0.224 e. The van der Waals surface area contributed by atoms with Crippen molar-refractivity contribution in [2.24, 2.45) is 11.7 Å². The molecule has 1 saturated heterocycles. The molecule has 0 spiro atoms. The van der Waals surface area contributed by atoms with Gasteiger partial charge in [0.2, 0.25) is 17.8 Å². The van der Waals surface area contributed by atoms with Crippen LogP contribution in [0.15, 0.2) is 18.3 Å². The number of anilines is 3. The Labute approximate surface area is 205 Å². The lowest BCUT2D eigenvalue weighted by atomic mass is 9.85. The quantitative estimate of drug-likeness (QED) is 0.427. The van der Waals surface area contributed by atoms with Crippen molar-refractivity contribution in [3.63, 3.8) is 0 Å². The second kappa shape index (κ2) is 9.90. The topological polar surface area (TPSA) is 120 Å². The van der Waals surface area contributed by atoms with Gasteiger partial charge in [-0.3, -0.25) is 9.36 Å². The summed E-state index contributed by atoms with van der Waals surface area (Å²) in [6.07, 6.45) is 5.78. The fourth-order valence-electron chi connectivity index (χ4n) is 4.79. The van der Waals surface area contributed by atoms with Crippen LogP contribution in [-0.2, 0) is 9.53 Å². The second-order valence-electron chi connectivity index (χ2n) is 8.99. The number of nitrogens with two attached hydrogens (primary N) is 1. The molecule has 0 unspecified atom stereocenters. The summed E-state index contributed by atoms with van der Waals surface area (Å²) in [4.78, 5) is 25.3. The number of primary amides is 1. The van der Waals surface area contributed by atoms with Gasteiger partial charge >= 0.3 is 0 Å². The molecule has 1 aliphatic carbocycles. The first-order valence-electron chi connectivity index (χ1n) is 11.7. The molecule has 2 aromatic heterocycles. The summed E-state index contributed by atoms with van der Waals surface area (Å²) in [7, 11) is 0. The van der Waals surface area contributed by atoms with E-state index < -0.39 is 17.3 Å². The van der Waals surface area contributed by atoms with E-state index in [2.05, 4.69) is 20.6 Å². The van der Waals surface area contributed by atoms with Crippen LogP contribution in [0.2, 0.25) is 5.02 Å². The first-order chi connectivity index (χ1) is 16.9. The molecule has 0 atom stereocenters. The number of amides is 1. The molecule has 12 heteroatoms. The third-order valence-electron chi connectivity index (χ3n) is 6.73. The molecule has 1 aromatic carbocycles. The number of nitrogens with zero attached hydrogens (tertiary/aromatic N) is 4. The van der Waals surface area contributed by atoms with E-state index in [1.54, 1.807) is 6.20 Å². The van der Waals surface area contributed by atoms with E-state index in [0.29, 0.717) is 56.0 Å². The van der Waals surface area contributed by atoms with Crippen LogP contribution in [0.25, 0.3) is 11.2 Å². The van der Waals surface area contributed by atoms with Crippen LogP contribution in [-0.4, -0.2) is 44.7 Å². The van der Waals surface area contributed by atoms with E-state index >= 15 is 0 Å². The molecule has 3 heterocycles. The zero-order valence-electron chi connectivity index (χ0n) is 18.9. The van der Waals surface area contributed by atoms with Crippen LogP contribution >= 0.6 is 11.6 Å². The number of rotatable bonds is 6. The summed E-state index contributed by atoms with van der Waals surface area (Å²) in [6, 6.07) is 2.34. The number of aromatic nitrogens is 4. The molecule has 3 aromatic rings. The molecule has 0 radical (unpaired) electrons.